The highest BCUT2D eigenvalue weighted by atomic mass is 31.2. The molecule has 7 heteroatoms. The maximum absolute atomic E-state index is 13.6. The van der Waals surface area contributed by atoms with E-state index in [0.29, 0.717) is 33.7 Å². The fraction of sp³-hybridized carbons (Fsp3) is 0.0909. The normalized spacial score (nSPS) is 21.5. The predicted molar refractivity (Wildman–Crippen MR) is 115 cm³/mol. The van der Waals surface area contributed by atoms with E-state index >= 15 is 0 Å². The summed E-state index contributed by atoms with van der Waals surface area (Å²) in [5, 5.41) is 13.2. The topological polar surface area (TPSA) is 99.0 Å². The van der Waals surface area contributed by atoms with E-state index in [1.165, 1.54) is 6.07 Å². The molecule has 4 rings (SSSR count). The van der Waals surface area contributed by atoms with E-state index in [9.17, 15) is 19.4 Å². The molecule has 0 spiro atoms. The zero-order valence-corrected chi connectivity index (χ0v) is 16.8. The number of carboxylic acid groups (broad SMARTS) is 1. The third kappa shape index (κ3) is 2.97. The number of carbonyl (C=O) groups is 1. The van der Waals surface area contributed by atoms with E-state index in [4.69, 9.17) is 0 Å². The quantitative estimate of drug-likeness (QED) is 0.676. The van der Waals surface area contributed by atoms with Crippen LogP contribution in [0.1, 0.15) is 21.5 Å². The van der Waals surface area contributed by atoms with Crippen LogP contribution < -0.4 is 10.6 Å². The minimum atomic E-state index is -3.91. The van der Waals surface area contributed by atoms with Gasteiger partial charge in [0.15, 0.2) is 0 Å². The Morgan fingerprint density at radius 1 is 1.10 bits per heavy atom. The summed E-state index contributed by atoms with van der Waals surface area (Å²) in [6.07, 6.45) is 5.10. The first-order chi connectivity index (χ1) is 13.9. The minimum Gasteiger partial charge on any atom is -0.478 e. The Hall–Kier alpha value is -3.21. The maximum atomic E-state index is 13.6. The summed E-state index contributed by atoms with van der Waals surface area (Å²) in [7, 11) is -0.561. The summed E-state index contributed by atoms with van der Waals surface area (Å²) in [6.45, 7) is 0. The Balaban J connectivity index is 2.14. The van der Waals surface area contributed by atoms with Gasteiger partial charge in [0.1, 0.15) is 0 Å². The molecule has 2 aliphatic rings. The Morgan fingerprint density at radius 2 is 1.86 bits per heavy atom. The van der Waals surface area contributed by atoms with Gasteiger partial charge in [0, 0.05) is 19.8 Å². The number of nitrogens with one attached hydrogen (secondary N) is 1. The van der Waals surface area contributed by atoms with Gasteiger partial charge in [0.2, 0.25) is 0 Å². The Labute approximate surface area is 168 Å². The summed E-state index contributed by atoms with van der Waals surface area (Å²) in [5.41, 5.74) is 3.63. The Morgan fingerprint density at radius 3 is 2.55 bits per heavy atom. The molecule has 0 aromatic heterocycles. The van der Waals surface area contributed by atoms with Crippen molar-refractivity contribution in [2.75, 3.05) is 19.4 Å². The van der Waals surface area contributed by atoms with E-state index in [1.54, 1.807) is 62.7 Å². The van der Waals surface area contributed by atoms with Crippen molar-refractivity contribution in [1.82, 2.24) is 0 Å². The SMILES string of the molecule is CN=C1C=CC2=C(c3ccccc3C(=O)O)c3ccc(NC)cc3P(=O)(O)C2=C1. The van der Waals surface area contributed by atoms with Crippen molar-refractivity contribution in [3.05, 3.63) is 88.3 Å². The highest BCUT2D eigenvalue weighted by Gasteiger charge is 2.40. The van der Waals surface area contributed by atoms with Crippen molar-refractivity contribution in [2.45, 2.75) is 0 Å². The van der Waals surface area contributed by atoms with Crippen LogP contribution in [0, 0.1) is 0 Å². The Kier molecular flexibility index (Phi) is 4.61. The number of hydrogen-bond donors (Lipinski definition) is 3. The van der Waals surface area contributed by atoms with Gasteiger partial charge in [-0.15, -0.1) is 0 Å². The average Bonchev–Trinajstić information content (AvgIpc) is 2.73. The molecule has 1 atom stereocenters. The van der Waals surface area contributed by atoms with Gasteiger partial charge >= 0.3 is 5.97 Å². The summed E-state index contributed by atoms with van der Waals surface area (Å²) >= 11 is 0. The number of rotatable bonds is 3. The lowest BCUT2D eigenvalue weighted by atomic mass is 9.87. The van der Waals surface area contributed by atoms with Crippen LogP contribution in [-0.2, 0) is 4.57 Å². The Bertz CT molecular complexity index is 1220. The van der Waals surface area contributed by atoms with Gasteiger partial charge in [0.05, 0.1) is 21.9 Å². The molecule has 0 bridgehead atoms. The number of aromatic carboxylic acids is 1. The molecular weight excluding hydrogens is 387 g/mol. The van der Waals surface area contributed by atoms with Crippen molar-refractivity contribution in [1.29, 1.82) is 0 Å². The second kappa shape index (κ2) is 6.99. The molecule has 29 heavy (non-hydrogen) atoms. The summed E-state index contributed by atoms with van der Waals surface area (Å²) in [5.74, 6) is -1.05. The number of allylic oxidation sites excluding steroid dienone is 5. The van der Waals surface area contributed by atoms with Crippen LogP contribution in [0.2, 0.25) is 0 Å². The molecule has 2 aromatic carbocycles. The van der Waals surface area contributed by atoms with Crippen LogP contribution in [0.4, 0.5) is 5.69 Å². The van der Waals surface area contributed by atoms with Crippen molar-refractivity contribution < 1.29 is 19.4 Å². The highest BCUT2D eigenvalue weighted by molar-refractivity contribution is 7.71. The first-order valence-corrected chi connectivity index (χ1v) is 10.6. The molecule has 0 radical (unpaired) electrons. The fourth-order valence-electron chi connectivity index (χ4n) is 3.72. The molecule has 1 aliphatic heterocycles. The largest absolute Gasteiger partial charge is 0.478 e. The molecule has 0 saturated carbocycles. The van der Waals surface area contributed by atoms with Crippen molar-refractivity contribution in [3.8, 4) is 0 Å². The molecule has 3 N–H and O–H groups in total. The third-order valence-corrected chi connectivity index (χ3v) is 7.19. The van der Waals surface area contributed by atoms with E-state index in [1.807, 2.05) is 6.07 Å². The van der Waals surface area contributed by atoms with Crippen LogP contribution in [0.3, 0.4) is 0 Å². The number of fused-ring (bicyclic) bond motifs is 2. The number of carboxylic acids is 1. The van der Waals surface area contributed by atoms with Crippen LogP contribution >= 0.6 is 7.37 Å². The zero-order chi connectivity index (χ0) is 20.8. The van der Waals surface area contributed by atoms with Gasteiger partial charge < -0.3 is 15.3 Å². The third-order valence-electron chi connectivity index (χ3n) is 5.14. The lowest BCUT2D eigenvalue weighted by molar-refractivity contribution is 0.0696. The number of hydrogen-bond acceptors (Lipinski definition) is 4. The molecule has 1 aliphatic carbocycles. The van der Waals surface area contributed by atoms with Crippen LogP contribution in [-0.4, -0.2) is 35.8 Å². The number of anilines is 1. The number of aliphatic imine (C=N–C) groups is 1. The van der Waals surface area contributed by atoms with Gasteiger partial charge in [-0.25, -0.2) is 4.79 Å². The van der Waals surface area contributed by atoms with Gasteiger partial charge in [-0.1, -0.05) is 30.3 Å². The molecule has 1 unspecified atom stereocenters. The number of nitrogens with zero attached hydrogens (tertiary/aromatic N) is 1. The monoisotopic (exact) mass is 406 g/mol. The highest BCUT2D eigenvalue weighted by Crippen LogP contribution is 2.59. The van der Waals surface area contributed by atoms with Crippen LogP contribution in [0.15, 0.2) is 76.6 Å². The second-order valence-electron chi connectivity index (χ2n) is 6.71. The predicted octanol–water partition coefficient (Wildman–Crippen LogP) is 3.66. The fourth-order valence-corrected chi connectivity index (χ4v) is 5.63. The van der Waals surface area contributed by atoms with Gasteiger partial charge in [0.25, 0.3) is 7.37 Å². The zero-order valence-electron chi connectivity index (χ0n) is 15.9. The molecule has 6 nitrogen and oxygen atoms in total. The smallest absolute Gasteiger partial charge is 0.336 e. The molecule has 146 valence electrons. The average molecular weight is 406 g/mol. The van der Waals surface area contributed by atoms with E-state index in [0.717, 1.165) is 0 Å². The molecule has 2 aromatic rings. The second-order valence-corrected chi connectivity index (χ2v) is 8.82. The lowest BCUT2D eigenvalue weighted by Gasteiger charge is -2.31. The summed E-state index contributed by atoms with van der Waals surface area (Å²) in [6, 6.07) is 11.9. The van der Waals surface area contributed by atoms with Gasteiger partial charge in [-0.2, -0.15) is 0 Å². The van der Waals surface area contributed by atoms with Crippen molar-refractivity contribution in [2.24, 2.45) is 4.99 Å². The first kappa shape index (κ1) is 19.1. The van der Waals surface area contributed by atoms with Crippen LogP contribution in [0.25, 0.3) is 5.57 Å². The molecule has 1 heterocycles. The van der Waals surface area contributed by atoms with E-state index in [-0.39, 0.29) is 16.2 Å². The van der Waals surface area contributed by atoms with Crippen molar-refractivity contribution in [3.63, 3.8) is 0 Å². The summed E-state index contributed by atoms with van der Waals surface area (Å²) in [4.78, 5) is 27.1. The number of benzene rings is 2. The molecule has 0 amide bonds. The maximum Gasteiger partial charge on any atom is 0.336 e. The summed E-state index contributed by atoms with van der Waals surface area (Å²) < 4.78 is 13.6. The molecule has 0 saturated heterocycles. The molecular formula is C22H19N2O4P. The van der Waals surface area contributed by atoms with Gasteiger partial charge in [-0.05, 0) is 52.6 Å². The van der Waals surface area contributed by atoms with Crippen molar-refractivity contribution >= 4 is 35.6 Å². The van der Waals surface area contributed by atoms with E-state index < -0.39 is 13.3 Å². The standard InChI is InChI=1S/C22H19N2O4P/c1-23-13-7-9-17-19(11-13)29(27,28)20-12-14(24-2)8-10-18(20)21(17)15-5-3-4-6-16(15)22(25)26/h3-12,23H,1-2H3,(H,25,26)(H,27,28). The van der Waals surface area contributed by atoms with Crippen LogP contribution in [0.5, 0.6) is 0 Å². The van der Waals surface area contributed by atoms with E-state index in [2.05, 4.69) is 10.3 Å². The molecule has 0 fully saturated rings. The minimum absolute atomic E-state index is 0.135. The van der Waals surface area contributed by atoms with Gasteiger partial charge in [-0.3, -0.25) is 9.56 Å². The first-order valence-electron chi connectivity index (χ1n) is 8.98. The lowest BCUT2D eigenvalue weighted by Crippen LogP contribution is -2.22.